The number of ether oxygens (including phenoxy) is 2. The van der Waals surface area contributed by atoms with Crippen molar-refractivity contribution in [3.8, 4) is 11.5 Å². The second-order valence-electron chi connectivity index (χ2n) is 6.31. The molecule has 0 unspecified atom stereocenters. The highest BCUT2D eigenvalue weighted by atomic mass is 16.6. The predicted molar refractivity (Wildman–Crippen MR) is 111 cm³/mol. The zero-order valence-corrected chi connectivity index (χ0v) is 16.0. The van der Waals surface area contributed by atoms with E-state index >= 15 is 0 Å². The minimum Gasteiger partial charge on any atom is -0.497 e. The molecule has 3 aromatic rings. The molecule has 0 fully saturated rings. The lowest BCUT2D eigenvalue weighted by atomic mass is 10.1. The van der Waals surface area contributed by atoms with Crippen LogP contribution in [-0.4, -0.2) is 25.2 Å². The van der Waals surface area contributed by atoms with Gasteiger partial charge in [0.1, 0.15) is 17.5 Å². The van der Waals surface area contributed by atoms with Crippen LogP contribution in [0.1, 0.15) is 5.56 Å². The number of hydrogen-bond acceptors (Lipinski definition) is 4. The van der Waals surface area contributed by atoms with Crippen LogP contribution < -0.4 is 20.1 Å². The van der Waals surface area contributed by atoms with Gasteiger partial charge in [0.2, 0.25) is 5.91 Å². The first-order chi connectivity index (χ1) is 14.1. The van der Waals surface area contributed by atoms with Crippen LogP contribution in [0.2, 0.25) is 0 Å². The van der Waals surface area contributed by atoms with E-state index in [0.717, 1.165) is 5.56 Å². The van der Waals surface area contributed by atoms with Crippen LogP contribution >= 0.6 is 0 Å². The normalized spacial score (nSPS) is 11.2. The molecule has 1 atom stereocenters. The van der Waals surface area contributed by atoms with Gasteiger partial charge in [-0.3, -0.25) is 4.79 Å². The smallest absolute Gasteiger partial charge is 0.413 e. The fourth-order valence-corrected chi connectivity index (χ4v) is 2.73. The number of anilines is 1. The molecule has 2 N–H and O–H groups in total. The maximum Gasteiger partial charge on any atom is 0.413 e. The highest BCUT2D eigenvalue weighted by Crippen LogP contribution is 2.16. The van der Waals surface area contributed by atoms with E-state index in [1.807, 2.05) is 36.4 Å². The second-order valence-corrected chi connectivity index (χ2v) is 6.31. The summed E-state index contributed by atoms with van der Waals surface area (Å²) in [7, 11) is 1.58. The van der Waals surface area contributed by atoms with Crippen molar-refractivity contribution in [2.75, 3.05) is 12.4 Å². The van der Waals surface area contributed by atoms with Crippen LogP contribution in [0.15, 0.2) is 84.9 Å². The minimum absolute atomic E-state index is 0.326. The number of amides is 2. The Labute approximate surface area is 169 Å². The molecule has 0 radical (unpaired) electrons. The van der Waals surface area contributed by atoms with Crippen LogP contribution in [0.4, 0.5) is 10.5 Å². The van der Waals surface area contributed by atoms with E-state index in [1.165, 1.54) is 0 Å². The Hall–Kier alpha value is -3.80. The summed E-state index contributed by atoms with van der Waals surface area (Å²) in [6, 6.07) is 24.3. The lowest BCUT2D eigenvalue weighted by Gasteiger charge is -2.18. The average molecular weight is 390 g/mol. The van der Waals surface area contributed by atoms with Gasteiger partial charge in [-0.15, -0.1) is 0 Å². The summed E-state index contributed by atoms with van der Waals surface area (Å²) < 4.78 is 10.4. The molecular formula is C23H22N2O4. The Morgan fingerprint density at radius 1 is 0.828 bits per heavy atom. The Kier molecular flexibility index (Phi) is 6.84. The Bertz CT molecular complexity index is 928. The number of nitrogens with one attached hydrogen (secondary N) is 2. The highest BCUT2D eigenvalue weighted by Gasteiger charge is 2.22. The summed E-state index contributed by atoms with van der Waals surface area (Å²) in [5, 5.41) is 5.48. The number of para-hydroxylation sites is 1. The first kappa shape index (κ1) is 19.9. The van der Waals surface area contributed by atoms with Gasteiger partial charge in [-0.05, 0) is 42.0 Å². The highest BCUT2D eigenvalue weighted by molar-refractivity contribution is 5.96. The molecule has 0 saturated heterocycles. The Morgan fingerprint density at radius 3 is 2.07 bits per heavy atom. The first-order valence-electron chi connectivity index (χ1n) is 9.16. The molecule has 0 heterocycles. The molecule has 0 aliphatic heterocycles. The first-order valence-corrected chi connectivity index (χ1v) is 9.16. The van der Waals surface area contributed by atoms with Gasteiger partial charge in [0.05, 0.1) is 7.11 Å². The van der Waals surface area contributed by atoms with Gasteiger partial charge in [-0.1, -0.05) is 48.5 Å². The topological polar surface area (TPSA) is 76.7 Å². The van der Waals surface area contributed by atoms with Gasteiger partial charge >= 0.3 is 6.09 Å². The molecule has 0 aliphatic carbocycles. The predicted octanol–water partition coefficient (Wildman–Crippen LogP) is 4.03. The molecule has 0 saturated carbocycles. The SMILES string of the molecule is COc1ccc(NC(=O)[C@@H](Cc2ccccc2)NC(=O)Oc2ccccc2)cc1. The van der Waals surface area contributed by atoms with Crippen molar-refractivity contribution < 1.29 is 19.1 Å². The Morgan fingerprint density at radius 2 is 1.45 bits per heavy atom. The van der Waals surface area contributed by atoms with E-state index in [1.54, 1.807) is 55.6 Å². The van der Waals surface area contributed by atoms with E-state index in [9.17, 15) is 9.59 Å². The van der Waals surface area contributed by atoms with Crippen LogP contribution in [0.3, 0.4) is 0 Å². The van der Waals surface area contributed by atoms with Crippen LogP contribution in [0.25, 0.3) is 0 Å². The van der Waals surface area contributed by atoms with E-state index in [2.05, 4.69) is 10.6 Å². The summed E-state index contributed by atoms with van der Waals surface area (Å²) in [5.41, 5.74) is 1.52. The monoisotopic (exact) mass is 390 g/mol. The number of carbonyl (C=O) groups excluding carboxylic acids is 2. The van der Waals surface area contributed by atoms with E-state index < -0.39 is 12.1 Å². The van der Waals surface area contributed by atoms with Crippen molar-refractivity contribution >= 4 is 17.7 Å². The summed E-state index contributed by atoms with van der Waals surface area (Å²) in [4.78, 5) is 25.2. The molecule has 3 aromatic carbocycles. The largest absolute Gasteiger partial charge is 0.497 e. The lowest BCUT2D eigenvalue weighted by Crippen LogP contribution is -2.46. The summed E-state index contributed by atoms with van der Waals surface area (Å²) >= 11 is 0. The molecule has 3 rings (SSSR count). The van der Waals surface area contributed by atoms with Crippen LogP contribution in [0.5, 0.6) is 11.5 Å². The van der Waals surface area contributed by atoms with Gasteiger partial charge < -0.3 is 20.1 Å². The van der Waals surface area contributed by atoms with Crippen molar-refractivity contribution in [2.45, 2.75) is 12.5 Å². The molecule has 0 bridgehead atoms. The van der Waals surface area contributed by atoms with Gasteiger partial charge in [-0.25, -0.2) is 4.79 Å². The Balaban J connectivity index is 1.70. The molecule has 2 amide bonds. The maximum absolute atomic E-state index is 12.8. The van der Waals surface area contributed by atoms with Gasteiger partial charge in [0, 0.05) is 12.1 Å². The van der Waals surface area contributed by atoms with Gasteiger partial charge in [-0.2, -0.15) is 0 Å². The summed E-state index contributed by atoms with van der Waals surface area (Å²) in [6.07, 6.45) is -0.366. The lowest BCUT2D eigenvalue weighted by molar-refractivity contribution is -0.118. The third kappa shape index (κ3) is 6.10. The zero-order chi connectivity index (χ0) is 20.5. The number of hydrogen-bond donors (Lipinski definition) is 2. The number of benzene rings is 3. The van der Waals surface area contributed by atoms with Crippen molar-refractivity contribution in [1.29, 1.82) is 0 Å². The van der Waals surface area contributed by atoms with Crippen molar-refractivity contribution in [1.82, 2.24) is 5.32 Å². The third-order valence-corrected chi connectivity index (χ3v) is 4.20. The third-order valence-electron chi connectivity index (χ3n) is 4.20. The second kappa shape index (κ2) is 9.94. The molecule has 148 valence electrons. The van der Waals surface area contributed by atoms with Gasteiger partial charge in [0.15, 0.2) is 0 Å². The minimum atomic E-state index is -0.810. The van der Waals surface area contributed by atoms with Crippen molar-refractivity contribution in [2.24, 2.45) is 0 Å². The molecule has 29 heavy (non-hydrogen) atoms. The number of rotatable bonds is 7. The van der Waals surface area contributed by atoms with E-state index in [4.69, 9.17) is 9.47 Å². The number of carbonyl (C=O) groups is 2. The fraction of sp³-hybridized carbons (Fsp3) is 0.130. The molecule has 0 aliphatic rings. The van der Waals surface area contributed by atoms with Crippen LogP contribution in [-0.2, 0) is 11.2 Å². The molecule has 0 spiro atoms. The van der Waals surface area contributed by atoms with Crippen molar-refractivity contribution in [3.05, 3.63) is 90.5 Å². The standard InChI is InChI=1S/C23H22N2O4/c1-28-19-14-12-18(13-15-19)24-22(26)21(16-17-8-4-2-5-9-17)25-23(27)29-20-10-6-3-7-11-20/h2-15,21H,16H2,1H3,(H,24,26)(H,25,27)/t21-/m1/s1. The molecule has 6 nitrogen and oxygen atoms in total. The zero-order valence-electron chi connectivity index (χ0n) is 16.0. The maximum atomic E-state index is 12.8. The summed E-state index contributed by atoms with van der Waals surface area (Å²) in [6.45, 7) is 0. The number of methoxy groups -OCH3 is 1. The summed E-state index contributed by atoms with van der Waals surface area (Å²) in [5.74, 6) is 0.747. The molecule has 6 heteroatoms. The van der Waals surface area contributed by atoms with E-state index in [-0.39, 0.29) is 5.91 Å². The fourth-order valence-electron chi connectivity index (χ4n) is 2.73. The molecule has 0 aromatic heterocycles. The quantitative estimate of drug-likeness (QED) is 0.639. The molecular weight excluding hydrogens is 368 g/mol. The van der Waals surface area contributed by atoms with E-state index in [0.29, 0.717) is 23.6 Å². The van der Waals surface area contributed by atoms with Gasteiger partial charge in [0.25, 0.3) is 0 Å². The van der Waals surface area contributed by atoms with Crippen molar-refractivity contribution in [3.63, 3.8) is 0 Å². The average Bonchev–Trinajstić information content (AvgIpc) is 2.75. The van der Waals surface area contributed by atoms with Crippen LogP contribution in [0, 0.1) is 0 Å².